The van der Waals surface area contributed by atoms with Gasteiger partial charge < -0.3 is 14.8 Å². The molecule has 1 amide bonds. The number of hydrogen-bond donors (Lipinski definition) is 1. The molecule has 0 aromatic heterocycles. The largest absolute Gasteiger partial charge is 0.490 e. The van der Waals surface area contributed by atoms with E-state index in [1.54, 1.807) is 30.3 Å². The van der Waals surface area contributed by atoms with Gasteiger partial charge in [0.05, 0.1) is 31.4 Å². The van der Waals surface area contributed by atoms with Crippen molar-refractivity contribution in [2.24, 2.45) is 0 Å². The van der Waals surface area contributed by atoms with E-state index in [0.29, 0.717) is 42.5 Å². The maximum Gasteiger partial charge on any atom is 0.238 e. The Morgan fingerprint density at radius 1 is 1.07 bits per heavy atom. The summed E-state index contributed by atoms with van der Waals surface area (Å²) in [5.41, 5.74) is 2.34. The van der Waals surface area contributed by atoms with Crippen molar-refractivity contribution in [2.45, 2.75) is 20.4 Å². The average molecular weight is 367 g/mol. The molecule has 27 heavy (non-hydrogen) atoms. The van der Waals surface area contributed by atoms with E-state index in [1.807, 2.05) is 37.9 Å². The molecule has 6 heteroatoms. The number of amides is 1. The molecule has 0 aliphatic rings. The van der Waals surface area contributed by atoms with Gasteiger partial charge in [0.25, 0.3) is 0 Å². The molecule has 0 atom stereocenters. The SMILES string of the molecule is CCOc1ccc(NC(=O)CN(C)Cc2ccc(C#N)cc2)cc1OCC. The van der Waals surface area contributed by atoms with E-state index < -0.39 is 0 Å². The maximum atomic E-state index is 12.3. The molecule has 2 aromatic carbocycles. The Labute approximate surface area is 160 Å². The molecule has 0 aliphatic heterocycles. The second-order valence-corrected chi connectivity index (χ2v) is 6.06. The van der Waals surface area contributed by atoms with E-state index >= 15 is 0 Å². The molecule has 142 valence electrons. The molecule has 0 heterocycles. The summed E-state index contributed by atoms with van der Waals surface area (Å²) in [5.74, 6) is 1.16. The number of nitrogens with zero attached hydrogens (tertiary/aromatic N) is 2. The van der Waals surface area contributed by atoms with Crippen LogP contribution in [0.3, 0.4) is 0 Å². The second-order valence-electron chi connectivity index (χ2n) is 6.06. The van der Waals surface area contributed by atoms with Gasteiger partial charge in [-0.1, -0.05) is 12.1 Å². The molecule has 1 N–H and O–H groups in total. The van der Waals surface area contributed by atoms with Gasteiger partial charge in [0.15, 0.2) is 11.5 Å². The first kappa shape index (κ1) is 20.3. The van der Waals surface area contributed by atoms with Gasteiger partial charge in [0.1, 0.15) is 0 Å². The summed E-state index contributed by atoms with van der Waals surface area (Å²) in [4.78, 5) is 14.2. The molecule has 0 fully saturated rings. The van der Waals surface area contributed by atoms with Gasteiger partial charge in [-0.05, 0) is 50.7 Å². The summed E-state index contributed by atoms with van der Waals surface area (Å²) in [6, 6.07) is 14.8. The third kappa shape index (κ3) is 6.32. The van der Waals surface area contributed by atoms with Crippen molar-refractivity contribution in [3.63, 3.8) is 0 Å². The molecule has 0 bridgehead atoms. The predicted molar refractivity (Wildman–Crippen MR) is 105 cm³/mol. The minimum Gasteiger partial charge on any atom is -0.490 e. The van der Waals surface area contributed by atoms with Crippen LogP contribution < -0.4 is 14.8 Å². The Bertz CT molecular complexity index is 797. The minimum absolute atomic E-state index is 0.113. The van der Waals surface area contributed by atoms with Crippen molar-refractivity contribution >= 4 is 11.6 Å². The zero-order valence-electron chi connectivity index (χ0n) is 16.0. The molecule has 0 spiro atoms. The summed E-state index contributed by atoms with van der Waals surface area (Å²) in [7, 11) is 1.88. The summed E-state index contributed by atoms with van der Waals surface area (Å²) in [6.45, 7) is 5.74. The second kappa shape index (κ2) is 10.2. The van der Waals surface area contributed by atoms with Crippen LogP contribution in [0.4, 0.5) is 5.69 Å². The lowest BCUT2D eigenvalue weighted by Gasteiger charge is -2.17. The minimum atomic E-state index is -0.113. The van der Waals surface area contributed by atoms with Crippen molar-refractivity contribution in [3.05, 3.63) is 53.6 Å². The number of nitrogens with one attached hydrogen (secondary N) is 1. The highest BCUT2D eigenvalue weighted by molar-refractivity contribution is 5.92. The van der Waals surface area contributed by atoms with Crippen molar-refractivity contribution in [1.29, 1.82) is 5.26 Å². The van der Waals surface area contributed by atoms with E-state index in [1.165, 1.54) is 0 Å². The Hall–Kier alpha value is -3.04. The van der Waals surface area contributed by atoms with E-state index in [2.05, 4.69) is 11.4 Å². The van der Waals surface area contributed by atoms with Gasteiger partial charge in [-0.15, -0.1) is 0 Å². The number of likely N-dealkylation sites (N-methyl/N-ethyl adjacent to an activating group) is 1. The predicted octanol–water partition coefficient (Wildman–Crippen LogP) is 3.43. The van der Waals surface area contributed by atoms with Gasteiger partial charge >= 0.3 is 0 Å². The molecular weight excluding hydrogens is 342 g/mol. The zero-order valence-corrected chi connectivity index (χ0v) is 16.0. The van der Waals surface area contributed by atoms with Gasteiger partial charge in [-0.3, -0.25) is 9.69 Å². The highest BCUT2D eigenvalue weighted by Crippen LogP contribution is 2.30. The number of benzene rings is 2. The number of anilines is 1. The quantitative estimate of drug-likeness (QED) is 0.735. The number of hydrogen-bond acceptors (Lipinski definition) is 5. The van der Waals surface area contributed by atoms with Crippen LogP contribution in [0, 0.1) is 11.3 Å². The van der Waals surface area contributed by atoms with Crippen LogP contribution in [0.25, 0.3) is 0 Å². The van der Waals surface area contributed by atoms with Crippen molar-refractivity contribution < 1.29 is 14.3 Å². The fraction of sp³-hybridized carbons (Fsp3) is 0.333. The topological polar surface area (TPSA) is 74.6 Å². The molecule has 0 saturated carbocycles. The van der Waals surface area contributed by atoms with Gasteiger partial charge in [-0.25, -0.2) is 0 Å². The Morgan fingerprint density at radius 3 is 2.37 bits per heavy atom. The monoisotopic (exact) mass is 367 g/mol. The lowest BCUT2D eigenvalue weighted by molar-refractivity contribution is -0.117. The maximum absolute atomic E-state index is 12.3. The standard InChI is InChI=1S/C21H25N3O3/c1-4-26-19-11-10-18(12-20(19)27-5-2)23-21(25)15-24(3)14-17-8-6-16(13-22)7-9-17/h6-12H,4-5,14-15H2,1-3H3,(H,23,25). The van der Waals surface area contributed by atoms with E-state index in [4.69, 9.17) is 14.7 Å². The molecule has 0 saturated heterocycles. The third-order valence-corrected chi connectivity index (χ3v) is 3.78. The van der Waals surface area contributed by atoms with Crippen molar-refractivity contribution in [2.75, 3.05) is 32.1 Å². The molecule has 2 aromatic rings. The summed E-state index contributed by atoms with van der Waals surface area (Å²) in [6.07, 6.45) is 0. The number of carbonyl (C=O) groups excluding carboxylic acids is 1. The fourth-order valence-corrected chi connectivity index (χ4v) is 2.63. The highest BCUT2D eigenvalue weighted by Gasteiger charge is 2.11. The Morgan fingerprint density at radius 2 is 1.74 bits per heavy atom. The lowest BCUT2D eigenvalue weighted by Crippen LogP contribution is -2.29. The highest BCUT2D eigenvalue weighted by atomic mass is 16.5. The van der Waals surface area contributed by atoms with Gasteiger partial charge in [-0.2, -0.15) is 5.26 Å². The van der Waals surface area contributed by atoms with Crippen LogP contribution in [0.5, 0.6) is 11.5 Å². The first-order valence-corrected chi connectivity index (χ1v) is 8.92. The fourth-order valence-electron chi connectivity index (χ4n) is 2.63. The van der Waals surface area contributed by atoms with Crippen LogP contribution in [0.2, 0.25) is 0 Å². The first-order chi connectivity index (χ1) is 13.0. The summed E-state index contributed by atoms with van der Waals surface area (Å²) >= 11 is 0. The summed E-state index contributed by atoms with van der Waals surface area (Å²) < 4.78 is 11.1. The van der Waals surface area contributed by atoms with Crippen LogP contribution in [-0.2, 0) is 11.3 Å². The van der Waals surface area contributed by atoms with Crippen LogP contribution in [-0.4, -0.2) is 37.6 Å². The molecule has 6 nitrogen and oxygen atoms in total. The molecule has 2 rings (SSSR count). The lowest BCUT2D eigenvalue weighted by atomic mass is 10.1. The number of carbonyl (C=O) groups is 1. The third-order valence-electron chi connectivity index (χ3n) is 3.78. The van der Waals surface area contributed by atoms with Crippen molar-refractivity contribution in [3.8, 4) is 17.6 Å². The van der Waals surface area contributed by atoms with Crippen molar-refractivity contribution in [1.82, 2.24) is 4.90 Å². The zero-order chi connectivity index (χ0) is 19.6. The normalized spacial score (nSPS) is 10.3. The molecule has 0 aliphatic carbocycles. The van der Waals surface area contributed by atoms with E-state index in [9.17, 15) is 4.79 Å². The van der Waals surface area contributed by atoms with Crippen LogP contribution >= 0.6 is 0 Å². The van der Waals surface area contributed by atoms with E-state index in [0.717, 1.165) is 5.56 Å². The van der Waals surface area contributed by atoms with Gasteiger partial charge in [0.2, 0.25) is 5.91 Å². The Kier molecular flexibility index (Phi) is 7.65. The van der Waals surface area contributed by atoms with Crippen LogP contribution in [0.15, 0.2) is 42.5 Å². The van der Waals surface area contributed by atoms with Gasteiger partial charge in [0, 0.05) is 18.3 Å². The van der Waals surface area contributed by atoms with Crippen LogP contribution in [0.1, 0.15) is 25.0 Å². The smallest absolute Gasteiger partial charge is 0.238 e. The molecule has 0 radical (unpaired) electrons. The Balaban J connectivity index is 1.93. The summed E-state index contributed by atoms with van der Waals surface area (Å²) in [5, 5.41) is 11.7. The number of ether oxygens (including phenoxy) is 2. The number of rotatable bonds is 9. The number of nitriles is 1. The van der Waals surface area contributed by atoms with E-state index in [-0.39, 0.29) is 12.5 Å². The first-order valence-electron chi connectivity index (χ1n) is 8.92. The average Bonchev–Trinajstić information content (AvgIpc) is 2.64. The molecule has 0 unspecified atom stereocenters. The molecular formula is C21H25N3O3.